The van der Waals surface area contributed by atoms with Gasteiger partial charge in [-0.25, -0.2) is 0 Å². The van der Waals surface area contributed by atoms with Gasteiger partial charge in [-0.15, -0.1) is 6.42 Å². The summed E-state index contributed by atoms with van der Waals surface area (Å²) < 4.78 is 76.0. The Labute approximate surface area is 305 Å². The van der Waals surface area contributed by atoms with E-state index in [1.54, 1.807) is 0 Å². The summed E-state index contributed by atoms with van der Waals surface area (Å²) in [7, 11) is 0. The third-order valence-corrected chi connectivity index (χ3v) is 7.07. The van der Waals surface area contributed by atoms with Crippen molar-refractivity contribution in [1.29, 1.82) is 0 Å². The summed E-state index contributed by atoms with van der Waals surface area (Å²) in [5.74, 6) is 3.02. The second-order valence-electron chi connectivity index (χ2n) is 11.1. The van der Waals surface area contributed by atoms with Crippen LogP contribution < -0.4 is 0 Å². The Bertz CT molecular complexity index is 751. The molecule has 0 spiro atoms. The van der Waals surface area contributed by atoms with Crippen molar-refractivity contribution >= 4 is 5.78 Å². The highest BCUT2D eigenvalue weighted by Gasteiger charge is 2.24. The van der Waals surface area contributed by atoms with Crippen molar-refractivity contribution in [1.82, 2.24) is 0 Å². The van der Waals surface area contributed by atoms with E-state index >= 15 is 0 Å². The van der Waals surface area contributed by atoms with Gasteiger partial charge in [-0.2, -0.15) is 0 Å². The molecule has 0 unspecified atom stereocenters. The third-order valence-electron chi connectivity index (χ3n) is 7.07. The topological polar surface area (TPSA) is 146 Å². The van der Waals surface area contributed by atoms with E-state index in [0.29, 0.717) is 197 Å². The highest BCUT2D eigenvalue weighted by molar-refractivity contribution is 5.81. The van der Waals surface area contributed by atoms with Crippen molar-refractivity contribution in [2.75, 3.05) is 185 Å². The molecule has 51 heavy (non-hydrogen) atoms. The van der Waals surface area contributed by atoms with Crippen molar-refractivity contribution in [3.8, 4) is 12.3 Å². The number of carbonyl (C=O) groups excluding carboxylic acids is 1. The van der Waals surface area contributed by atoms with Crippen molar-refractivity contribution in [3.63, 3.8) is 0 Å². The minimum absolute atomic E-state index is 0.288. The average Bonchev–Trinajstić information content (AvgIpc) is 3.11. The van der Waals surface area contributed by atoms with Gasteiger partial charge in [0.2, 0.25) is 0 Å². The predicted octanol–water partition coefficient (Wildman–Crippen LogP) is 1.61. The molecule has 1 aliphatic carbocycles. The molecule has 0 bridgehead atoms. The molecule has 0 amide bonds. The van der Waals surface area contributed by atoms with E-state index in [-0.39, 0.29) is 5.92 Å². The molecule has 0 radical (unpaired) electrons. The SMILES string of the molecule is C#CCOCCOCCOCCOCCOCCOCCOCCOCCOCCOCCOCCOCCOCCOCCC(=O)C1CCC1. The standard InChI is InChI=1S/C36H66O15/c1-2-7-38-9-11-40-13-15-42-17-19-44-21-23-46-25-27-48-29-31-50-33-34-51-32-30-49-28-26-47-24-22-45-20-18-43-16-14-41-12-10-39-8-6-36(37)35-4-3-5-35/h1,35H,3-34H2. The summed E-state index contributed by atoms with van der Waals surface area (Å²) in [5.41, 5.74) is 0. The molecule has 1 fully saturated rings. The molecule has 15 nitrogen and oxygen atoms in total. The predicted molar refractivity (Wildman–Crippen MR) is 187 cm³/mol. The average molecular weight is 739 g/mol. The minimum atomic E-state index is 0.288. The summed E-state index contributed by atoms with van der Waals surface area (Å²) in [6, 6.07) is 0. The van der Waals surface area contributed by atoms with Gasteiger partial charge in [-0.3, -0.25) is 4.79 Å². The number of terminal acetylenes is 1. The molecule has 0 N–H and O–H groups in total. The normalized spacial score (nSPS) is 13.1. The smallest absolute Gasteiger partial charge is 0.138 e. The molecule has 0 heterocycles. The molecular formula is C36H66O15. The van der Waals surface area contributed by atoms with Gasteiger partial charge in [0, 0.05) is 12.3 Å². The number of Topliss-reactive ketones (excluding diaryl/α,β-unsaturated/α-hetero) is 1. The first-order valence-corrected chi connectivity index (χ1v) is 18.4. The molecule has 0 aliphatic heterocycles. The second kappa shape index (κ2) is 41.4. The lowest BCUT2D eigenvalue weighted by molar-refractivity contribution is -0.126. The number of ether oxygens (including phenoxy) is 14. The molecule has 1 rings (SSSR count). The molecule has 0 aromatic rings. The summed E-state index contributed by atoms with van der Waals surface area (Å²) in [6.45, 7) is 13.8. The Hall–Kier alpha value is -1.33. The first-order valence-electron chi connectivity index (χ1n) is 18.4. The fourth-order valence-corrected chi connectivity index (χ4v) is 4.10. The van der Waals surface area contributed by atoms with Crippen LogP contribution in [0, 0.1) is 18.3 Å². The molecule has 0 aromatic heterocycles. The first-order chi connectivity index (χ1) is 25.3. The van der Waals surface area contributed by atoms with Crippen molar-refractivity contribution < 1.29 is 71.1 Å². The maximum atomic E-state index is 11.8. The second-order valence-corrected chi connectivity index (χ2v) is 11.1. The van der Waals surface area contributed by atoms with E-state index in [1.807, 2.05) is 0 Å². The number of hydrogen-bond donors (Lipinski definition) is 0. The van der Waals surface area contributed by atoms with Gasteiger partial charge in [0.25, 0.3) is 0 Å². The lowest BCUT2D eigenvalue weighted by Gasteiger charge is -2.23. The summed E-state index contributed by atoms with van der Waals surface area (Å²) in [6.07, 6.45) is 8.88. The summed E-state index contributed by atoms with van der Waals surface area (Å²) >= 11 is 0. The molecule has 0 saturated heterocycles. The van der Waals surface area contributed by atoms with Crippen LogP contribution in [0.1, 0.15) is 25.7 Å². The van der Waals surface area contributed by atoms with Crippen molar-refractivity contribution in [2.24, 2.45) is 5.92 Å². The lowest BCUT2D eigenvalue weighted by atomic mass is 9.81. The molecule has 1 aliphatic rings. The Morgan fingerprint density at radius 2 is 0.588 bits per heavy atom. The molecule has 1 saturated carbocycles. The van der Waals surface area contributed by atoms with Crippen LogP contribution in [0.15, 0.2) is 0 Å². The van der Waals surface area contributed by atoms with Crippen LogP contribution in [0.25, 0.3) is 0 Å². The van der Waals surface area contributed by atoms with E-state index in [4.69, 9.17) is 72.7 Å². The van der Waals surface area contributed by atoms with Crippen LogP contribution in [-0.2, 0) is 71.1 Å². The fraction of sp³-hybridized carbons (Fsp3) is 0.917. The zero-order valence-corrected chi connectivity index (χ0v) is 30.9. The van der Waals surface area contributed by atoms with Gasteiger partial charge in [-0.05, 0) is 12.8 Å². The first kappa shape index (κ1) is 47.7. The Kier molecular flexibility index (Phi) is 38.7. The Morgan fingerprint density at radius 1 is 0.373 bits per heavy atom. The fourth-order valence-electron chi connectivity index (χ4n) is 4.10. The largest absolute Gasteiger partial charge is 0.379 e. The maximum absolute atomic E-state index is 11.8. The lowest BCUT2D eigenvalue weighted by Crippen LogP contribution is -2.23. The van der Waals surface area contributed by atoms with Crippen LogP contribution in [0.4, 0.5) is 0 Å². The van der Waals surface area contributed by atoms with Gasteiger partial charge in [0.05, 0.1) is 178 Å². The van der Waals surface area contributed by atoms with Crippen molar-refractivity contribution in [3.05, 3.63) is 0 Å². The minimum Gasteiger partial charge on any atom is -0.379 e. The van der Waals surface area contributed by atoms with E-state index in [9.17, 15) is 4.79 Å². The number of ketones is 1. The number of hydrogen-bond acceptors (Lipinski definition) is 15. The maximum Gasteiger partial charge on any atom is 0.138 e. The van der Waals surface area contributed by atoms with E-state index < -0.39 is 0 Å². The van der Waals surface area contributed by atoms with Crippen LogP contribution >= 0.6 is 0 Å². The molecule has 15 heteroatoms. The highest BCUT2D eigenvalue weighted by Crippen LogP contribution is 2.27. The van der Waals surface area contributed by atoms with Crippen LogP contribution in [-0.4, -0.2) is 191 Å². The summed E-state index contributed by atoms with van der Waals surface area (Å²) in [4.78, 5) is 11.8. The van der Waals surface area contributed by atoms with Gasteiger partial charge >= 0.3 is 0 Å². The van der Waals surface area contributed by atoms with Crippen LogP contribution in [0.3, 0.4) is 0 Å². The Morgan fingerprint density at radius 3 is 0.784 bits per heavy atom. The monoisotopic (exact) mass is 738 g/mol. The van der Waals surface area contributed by atoms with Crippen LogP contribution in [0.2, 0.25) is 0 Å². The zero-order valence-electron chi connectivity index (χ0n) is 30.9. The number of rotatable bonds is 44. The quantitative estimate of drug-likeness (QED) is 0.0659. The van der Waals surface area contributed by atoms with Crippen LogP contribution in [0.5, 0.6) is 0 Å². The Balaban J connectivity index is 1.59. The van der Waals surface area contributed by atoms with Gasteiger partial charge in [0.1, 0.15) is 12.4 Å². The van der Waals surface area contributed by atoms with E-state index in [1.165, 1.54) is 6.42 Å². The van der Waals surface area contributed by atoms with E-state index in [0.717, 1.165) is 12.8 Å². The molecular weight excluding hydrogens is 672 g/mol. The van der Waals surface area contributed by atoms with Crippen molar-refractivity contribution in [2.45, 2.75) is 25.7 Å². The molecule has 0 aromatic carbocycles. The molecule has 0 atom stereocenters. The summed E-state index contributed by atoms with van der Waals surface area (Å²) in [5, 5.41) is 0. The highest BCUT2D eigenvalue weighted by atomic mass is 16.6. The van der Waals surface area contributed by atoms with E-state index in [2.05, 4.69) is 5.92 Å². The van der Waals surface area contributed by atoms with Gasteiger partial charge < -0.3 is 66.3 Å². The van der Waals surface area contributed by atoms with Gasteiger partial charge in [-0.1, -0.05) is 12.3 Å². The molecule has 300 valence electrons. The third kappa shape index (κ3) is 36.8. The van der Waals surface area contributed by atoms with Gasteiger partial charge in [0.15, 0.2) is 0 Å². The zero-order chi connectivity index (χ0) is 36.4. The number of carbonyl (C=O) groups is 1.